The highest BCUT2D eigenvalue weighted by molar-refractivity contribution is 7.89. The van der Waals surface area contributed by atoms with E-state index < -0.39 is 9.84 Å². The second-order valence-corrected chi connectivity index (χ2v) is 12.1. The van der Waals surface area contributed by atoms with Crippen LogP contribution < -0.4 is 9.64 Å². The Morgan fingerprint density at radius 1 is 1.03 bits per heavy atom. The van der Waals surface area contributed by atoms with Crippen LogP contribution in [0.1, 0.15) is 56.0 Å². The minimum atomic E-state index is -3.03. The van der Waals surface area contributed by atoms with Crippen LogP contribution in [0.4, 0.5) is 5.95 Å². The molecule has 0 aliphatic carbocycles. The highest BCUT2D eigenvalue weighted by Crippen LogP contribution is 2.41. The van der Waals surface area contributed by atoms with Crippen molar-refractivity contribution in [3.05, 3.63) is 59.5 Å². The molecule has 0 unspecified atom stereocenters. The van der Waals surface area contributed by atoms with Gasteiger partial charge in [0.15, 0.2) is 9.84 Å². The number of aryl methyl sites for hydroxylation is 1. The molecule has 2 aromatic carbocycles. The summed E-state index contributed by atoms with van der Waals surface area (Å²) < 4.78 is 35.0. The van der Waals surface area contributed by atoms with Crippen molar-refractivity contribution in [3.63, 3.8) is 0 Å². The van der Waals surface area contributed by atoms with Crippen LogP contribution in [-0.4, -0.2) is 43.5 Å². The Bertz CT molecular complexity index is 1270. The maximum Gasteiger partial charge on any atom is 0.266 e. The summed E-state index contributed by atoms with van der Waals surface area (Å²) in [6, 6.07) is 14.1. The molecule has 3 aromatic rings. The van der Waals surface area contributed by atoms with Gasteiger partial charge >= 0.3 is 0 Å². The monoisotopic (exact) mass is 481 g/mol. The summed E-state index contributed by atoms with van der Waals surface area (Å²) in [6.45, 7) is 5.80. The quantitative estimate of drug-likeness (QED) is 0.519. The number of aromatic nitrogens is 2. The van der Waals surface area contributed by atoms with Gasteiger partial charge in [-0.1, -0.05) is 44.2 Å². The van der Waals surface area contributed by atoms with Gasteiger partial charge in [-0.25, -0.2) is 8.42 Å². The van der Waals surface area contributed by atoms with E-state index in [2.05, 4.69) is 47.1 Å². The number of rotatable bonds is 5. The van der Waals surface area contributed by atoms with Crippen molar-refractivity contribution < 1.29 is 17.7 Å². The van der Waals surface area contributed by atoms with Crippen LogP contribution in [-0.2, 0) is 22.0 Å². The number of hydrogen-bond donors (Lipinski definition) is 0. The summed E-state index contributed by atoms with van der Waals surface area (Å²) in [5.74, 6) is 2.63. The number of nitrogens with zero attached hydrogens (tertiary/aromatic N) is 3. The molecule has 1 saturated heterocycles. The fraction of sp³-hybridized carbons (Fsp3) is 0.462. The van der Waals surface area contributed by atoms with Gasteiger partial charge in [0.2, 0.25) is 5.89 Å². The molecule has 5 rings (SSSR count). The van der Waals surface area contributed by atoms with Crippen molar-refractivity contribution in [3.8, 4) is 16.9 Å². The molecule has 34 heavy (non-hydrogen) atoms. The third-order valence-corrected chi connectivity index (χ3v) is 7.69. The smallest absolute Gasteiger partial charge is 0.266 e. The topological polar surface area (TPSA) is 85.5 Å². The summed E-state index contributed by atoms with van der Waals surface area (Å²) >= 11 is 0. The molecule has 0 atom stereocenters. The van der Waals surface area contributed by atoms with Crippen LogP contribution in [0.3, 0.4) is 0 Å². The van der Waals surface area contributed by atoms with E-state index in [1.165, 1.54) is 11.8 Å². The molecule has 0 bridgehead atoms. The fourth-order valence-corrected chi connectivity index (χ4v) is 5.65. The van der Waals surface area contributed by atoms with Crippen LogP contribution in [0.25, 0.3) is 11.1 Å². The first-order valence-electron chi connectivity index (χ1n) is 11.9. The maximum absolute atomic E-state index is 11.5. The minimum Gasteiger partial charge on any atom is -0.487 e. The Morgan fingerprint density at radius 2 is 1.74 bits per heavy atom. The van der Waals surface area contributed by atoms with Crippen molar-refractivity contribution in [2.75, 3.05) is 24.2 Å². The summed E-state index contributed by atoms with van der Waals surface area (Å²) in [5.41, 5.74) is 4.10. The second-order valence-electron chi connectivity index (χ2n) is 9.95. The number of fused-ring (bicyclic) bond motifs is 1. The molecular weight excluding hydrogens is 450 g/mol. The van der Waals surface area contributed by atoms with Gasteiger partial charge in [-0.3, -0.25) is 0 Å². The number of piperidine rings is 1. The zero-order chi connectivity index (χ0) is 23.9. The van der Waals surface area contributed by atoms with Crippen LogP contribution in [0, 0.1) is 0 Å². The lowest BCUT2D eigenvalue weighted by molar-refractivity contribution is 0.0223. The van der Waals surface area contributed by atoms with E-state index in [9.17, 15) is 8.42 Å². The van der Waals surface area contributed by atoms with E-state index >= 15 is 0 Å². The molecule has 7 nitrogen and oxygen atoms in total. The molecule has 3 heterocycles. The van der Waals surface area contributed by atoms with Crippen LogP contribution in [0.15, 0.2) is 47.0 Å². The van der Waals surface area contributed by atoms with Gasteiger partial charge < -0.3 is 14.2 Å². The Labute approximate surface area is 201 Å². The van der Waals surface area contributed by atoms with Gasteiger partial charge in [0.05, 0.1) is 5.75 Å². The van der Waals surface area contributed by atoms with Crippen molar-refractivity contribution in [1.29, 1.82) is 0 Å². The van der Waals surface area contributed by atoms with Crippen LogP contribution >= 0.6 is 0 Å². The Balaban J connectivity index is 1.25. The molecule has 0 radical (unpaired) electrons. The normalized spacial score (nSPS) is 17.6. The first-order chi connectivity index (χ1) is 16.2. The Morgan fingerprint density at radius 3 is 2.38 bits per heavy atom. The van der Waals surface area contributed by atoms with Crippen molar-refractivity contribution in [2.24, 2.45) is 0 Å². The van der Waals surface area contributed by atoms with E-state index in [0.717, 1.165) is 61.2 Å². The largest absolute Gasteiger partial charge is 0.487 e. The van der Waals surface area contributed by atoms with E-state index in [1.807, 2.05) is 24.3 Å². The Hall–Kier alpha value is -2.87. The number of ether oxygens (including phenoxy) is 1. The van der Waals surface area contributed by atoms with Crippen molar-refractivity contribution in [2.45, 2.75) is 56.8 Å². The molecule has 1 fully saturated rings. The van der Waals surface area contributed by atoms with E-state index in [4.69, 9.17) is 9.26 Å². The van der Waals surface area contributed by atoms with E-state index in [1.54, 1.807) is 0 Å². The van der Waals surface area contributed by atoms with Crippen LogP contribution in [0.2, 0.25) is 0 Å². The summed E-state index contributed by atoms with van der Waals surface area (Å²) in [6.07, 6.45) is 5.10. The molecule has 0 amide bonds. The molecule has 0 N–H and O–H groups in total. The highest BCUT2D eigenvalue weighted by atomic mass is 32.2. The molecule has 1 aromatic heterocycles. The van der Waals surface area contributed by atoms with Gasteiger partial charge in [-0.05, 0) is 52.4 Å². The van der Waals surface area contributed by atoms with E-state index in [-0.39, 0.29) is 17.3 Å². The summed E-state index contributed by atoms with van der Waals surface area (Å²) in [7, 11) is -3.03. The number of hydrogen-bond acceptors (Lipinski definition) is 7. The molecule has 0 saturated carbocycles. The number of anilines is 1. The number of benzene rings is 2. The third kappa shape index (κ3) is 4.82. The molecule has 180 valence electrons. The predicted molar refractivity (Wildman–Crippen MR) is 132 cm³/mol. The van der Waals surface area contributed by atoms with Gasteiger partial charge in [0.25, 0.3) is 5.95 Å². The molecule has 8 heteroatoms. The molecule has 2 aliphatic rings. The zero-order valence-electron chi connectivity index (χ0n) is 20.0. The second kappa shape index (κ2) is 8.73. The lowest BCUT2D eigenvalue weighted by Crippen LogP contribution is -2.50. The standard InChI is InChI=1S/C26H31N3O4S/c1-18(2)24-27-25(28-33-24)29-14-12-26(13-15-29)11-10-22-16-21(8-9-23(22)32-26)20-6-4-19(5-7-20)17-34(3,30)31/h4-9,16,18H,10-15,17H2,1-3H3. The average molecular weight is 482 g/mol. The van der Waals surface area contributed by atoms with Gasteiger partial charge in [0.1, 0.15) is 11.4 Å². The minimum absolute atomic E-state index is 0.0659. The van der Waals surface area contributed by atoms with Gasteiger partial charge in [-0.2, -0.15) is 4.98 Å². The average Bonchev–Trinajstić information content (AvgIpc) is 3.30. The summed E-state index contributed by atoms with van der Waals surface area (Å²) in [5, 5.41) is 4.16. The van der Waals surface area contributed by atoms with Crippen molar-refractivity contribution >= 4 is 15.8 Å². The van der Waals surface area contributed by atoms with Gasteiger partial charge in [-0.15, -0.1) is 0 Å². The molecule has 2 aliphatic heterocycles. The maximum atomic E-state index is 11.5. The summed E-state index contributed by atoms with van der Waals surface area (Å²) in [4.78, 5) is 6.73. The molecule has 1 spiro atoms. The van der Waals surface area contributed by atoms with Gasteiger partial charge in [0, 0.05) is 38.1 Å². The third-order valence-electron chi connectivity index (χ3n) is 6.84. The molecular formula is C26H31N3O4S. The Kier molecular flexibility index (Phi) is 5.88. The fourth-order valence-electron chi connectivity index (χ4n) is 4.85. The van der Waals surface area contributed by atoms with Crippen molar-refractivity contribution in [1.82, 2.24) is 10.1 Å². The zero-order valence-corrected chi connectivity index (χ0v) is 20.8. The highest BCUT2D eigenvalue weighted by Gasteiger charge is 2.40. The lowest BCUT2D eigenvalue weighted by atomic mass is 9.82. The van der Waals surface area contributed by atoms with E-state index in [0.29, 0.717) is 11.8 Å². The van der Waals surface area contributed by atoms with Crippen LogP contribution in [0.5, 0.6) is 5.75 Å². The number of sulfone groups is 1. The first-order valence-corrected chi connectivity index (χ1v) is 13.9. The predicted octanol–water partition coefficient (Wildman–Crippen LogP) is 4.77. The SMILES string of the molecule is CC(C)c1nc(N2CCC3(CCc4cc(-c5ccc(CS(C)(=O)=O)cc5)ccc4O3)CC2)no1. The first kappa shape index (κ1) is 22.9. The lowest BCUT2D eigenvalue weighted by Gasteiger charge is -2.44.